The van der Waals surface area contributed by atoms with Crippen LogP contribution in [0.4, 0.5) is 5.69 Å². The first-order valence-corrected chi connectivity index (χ1v) is 11.2. The van der Waals surface area contributed by atoms with Gasteiger partial charge in [-0.1, -0.05) is 30.3 Å². The van der Waals surface area contributed by atoms with Crippen LogP contribution in [-0.4, -0.2) is 61.8 Å². The Balaban J connectivity index is 1.36. The fraction of sp³-hybridized carbons (Fsp3) is 0.375. The van der Waals surface area contributed by atoms with Crippen molar-refractivity contribution in [2.24, 2.45) is 0 Å². The molecule has 0 unspecified atom stereocenters. The van der Waals surface area contributed by atoms with E-state index in [9.17, 15) is 4.79 Å². The molecule has 2 aliphatic rings. The number of aldehydes is 1. The second kappa shape index (κ2) is 9.61. The van der Waals surface area contributed by atoms with Gasteiger partial charge in [0.05, 0.1) is 0 Å². The SMILES string of the molecule is CN1CCN(c2ccc(-c3ccc(SN4CCC=C(C=O)CC4)cc3)cc2)CC1. The molecule has 2 heterocycles. The predicted octanol–water partition coefficient (Wildman–Crippen LogP) is 4.33. The summed E-state index contributed by atoms with van der Waals surface area (Å²) in [5.74, 6) is 0. The van der Waals surface area contributed by atoms with Gasteiger partial charge in [-0.15, -0.1) is 0 Å². The van der Waals surface area contributed by atoms with E-state index in [0.29, 0.717) is 0 Å². The van der Waals surface area contributed by atoms with Gasteiger partial charge in [0.2, 0.25) is 0 Å². The van der Waals surface area contributed by atoms with E-state index in [-0.39, 0.29) is 0 Å². The highest BCUT2D eigenvalue weighted by Crippen LogP contribution is 2.29. The molecule has 29 heavy (non-hydrogen) atoms. The summed E-state index contributed by atoms with van der Waals surface area (Å²) in [5.41, 5.74) is 4.76. The third-order valence-electron chi connectivity index (χ3n) is 5.74. The third-order valence-corrected chi connectivity index (χ3v) is 6.85. The Morgan fingerprint density at radius 2 is 1.48 bits per heavy atom. The number of nitrogens with zero attached hydrogens (tertiary/aromatic N) is 3. The quantitative estimate of drug-likeness (QED) is 0.543. The molecule has 2 aromatic rings. The second-order valence-electron chi connectivity index (χ2n) is 7.82. The Hall–Kier alpha value is -2.08. The minimum Gasteiger partial charge on any atom is -0.369 e. The second-order valence-corrected chi connectivity index (χ2v) is 8.99. The average molecular weight is 408 g/mol. The van der Waals surface area contributed by atoms with E-state index in [2.05, 4.69) is 75.8 Å². The molecule has 1 saturated heterocycles. The molecule has 0 saturated carbocycles. The number of hydrogen-bond acceptors (Lipinski definition) is 5. The Labute approximate surface area is 178 Å². The zero-order valence-corrected chi connectivity index (χ0v) is 17.9. The summed E-state index contributed by atoms with van der Waals surface area (Å²) in [4.78, 5) is 17.1. The van der Waals surface area contributed by atoms with Crippen molar-refractivity contribution in [3.63, 3.8) is 0 Å². The van der Waals surface area contributed by atoms with Crippen LogP contribution in [-0.2, 0) is 4.79 Å². The van der Waals surface area contributed by atoms with Crippen LogP contribution in [0.5, 0.6) is 0 Å². The van der Waals surface area contributed by atoms with E-state index in [1.807, 2.05) is 0 Å². The van der Waals surface area contributed by atoms with Gasteiger partial charge in [-0.2, -0.15) is 0 Å². The van der Waals surface area contributed by atoms with Crippen LogP contribution < -0.4 is 4.90 Å². The maximum absolute atomic E-state index is 11.0. The standard InChI is InChI=1S/C24H29N3OS/c1-25-15-17-26(18-16-25)23-8-4-21(5-9-23)22-6-10-24(11-7-22)29-27-13-2-3-20(19-28)12-14-27/h3-11,19H,2,12-18H2,1H3. The van der Waals surface area contributed by atoms with Crippen molar-refractivity contribution in [2.45, 2.75) is 17.7 Å². The highest BCUT2D eigenvalue weighted by atomic mass is 32.2. The van der Waals surface area contributed by atoms with Crippen LogP contribution in [0.2, 0.25) is 0 Å². The van der Waals surface area contributed by atoms with E-state index >= 15 is 0 Å². The van der Waals surface area contributed by atoms with Gasteiger partial charge >= 0.3 is 0 Å². The molecular formula is C24H29N3OS. The maximum atomic E-state index is 11.0. The topological polar surface area (TPSA) is 26.8 Å². The zero-order valence-electron chi connectivity index (χ0n) is 17.1. The molecule has 4 nitrogen and oxygen atoms in total. The number of anilines is 1. The number of carbonyl (C=O) groups is 1. The fourth-order valence-electron chi connectivity index (χ4n) is 3.85. The van der Waals surface area contributed by atoms with Crippen LogP contribution in [0, 0.1) is 0 Å². The number of hydrogen-bond donors (Lipinski definition) is 0. The number of rotatable bonds is 5. The van der Waals surface area contributed by atoms with Crippen molar-refractivity contribution in [1.29, 1.82) is 0 Å². The molecule has 0 N–H and O–H groups in total. The van der Waals surface area contributed by atoms with Crippen molar-refractivity contribution >= 4 is 23.9 Å². The number of benzene rings is 2. The van der Waals surface area contributed by atoms with E-state index < -0.39 is 0 Å². The lowest BCUT2D eigenvalue weighted by molar-refractivity contribution is -0.105. The fourth-order valence-corrected chi connectivity index (χ4v) is 4.78. The number of piperazine rings is 1. The Morgan fingerprint density at radius 3 is 2.14 bits per heavy atom. The molecule has 2 aromatic carbocycles. The molecule has 0 atom stereocenters. The molecule has 0 spiro atoms. The summed E-state index contributed by atoms with van der Waals surface area (Å²) in [5, 5.41) is 0. The minimum absolute atomic E-state index is 0.842. The molecule has 2 aliphatic heterocycles. The number of carbonyl (C=O) groups excluding carboxylic acids is 1. The van der Waals surface area contributed by atoms with Gasteiger partial charge in [-0.05, 0) is 72.8 Å². The first-order valence-electron chi connectivity index (χ1n) is 10.4. The lowest BCUT2D eigenvalue weighted by atomic mass is 10.1. The molecule has 0 bridgehead atoms. The normalized spacial score (nSPS) is 18.9. The highest BCUT2D eigenvalue weighted by molar-refractivity contribution is 7.97. The number of likely N-dealkylation sites (N-methyl/N-ethyl adjacent to an activating group) is 1. The summed E-state index contributed by atoms with van der Waals surface area (Å²) in [6.07, 6.45) is 4.85. The van der Waals surface area contributed by atoms with Gasteiger partial charge in [0.15, 0.2) is 0 Å². The van der Waals surface area contributed by atoms with Crippen LogP contribution in [0.3, 0.4) is 0 Å². The van der Waals surface area contributed by atoms with Gasteiger partial charge in [0, 0.05) is 49.9 Å². The van der Waals surface area contributed by atoms with Crippen molar-refractivity contribution in [2.75, 3.05) is 51.2 Å². The molecular weight excluding hydrogens is 378 g/mol. The summed E-state index contributed by atoms with van der Waals surface area (Å²) >= 11 is 1.79. The third kappa shape index (κ3) is 5.30. The molecule has 5 heteroatoms. The highest BCUT2D eigenvalue weighted by Gasteiger charge is 2.14. The van der Waals surface area contributed by atoms with E-state index in [1.54, 1.807) is 11.9 Å². The van der Waals surface area contributed by atoms with E-state index in [4.69, 9.17) is 0 Å². The molecule has 0 aromatic heterocycles. The average Bonchev–Trinajstić information content (AvgIpc) is 3.00. The zero-order chi connectivity index (χ0) is 20.1. The Bertz CT molecular complexity index is 839. The van der Waals surface area contributed by atoms with Crippen LogP contribution in [0.15, 0.2) is 65.1 Å². The molecule has 0 aliphatic carbocycles. The predicted molar refractivity (Wildman–Crippen MR) is 122 cm³/mol. The Kier molecular flexibility index (Phi) is 6.70. The smallest absolute Gasteiger partial charge is 0.145 e. The first kappa shape index (κ1) is 20.2. The summed E-state index contributed by atoms with van der Waals surface area (Å²) in [6.45, 7) is 6.36. The van der Waals surface area contributed by atoms with E-state index in [1.165, 1.54) is 21.7 Å². The van der Waals surface area contributed by atoms with Crippen LogP contribution in [0.1, 0.15) is 12.8 Å². The first-order chi connectivity index (χ1) is 14.2. The van der Waals surface area contributed by atoms with Gasteiger partial charge in [-0.25, -0.2) is 4.31 Å². The monoisotopic (exact) mass is 407 g/mol. The molecule has 0 amide bonds. The maximum Gasteiger partial charge on any atom is 0.145 e. The summed E-state index contributed by atoms with van der Waals surface area (Å²) in [6, 6.07) is 17.8. The molecule has 1 fully saturated rings. The van der Waals surface area contributed by atoms with Crippen LogP contribution >= 0.6 is 11.9 Å². The van der Waals surface area contributed by atoms with Crippen molar-refractivity contribution in [3.8, 4) is 11.1 Å². The van der Waals surface area contributed by atoms with Crippen molar-refractivity contribution in [1.82, 2.24) is 9.21 Å². The molecule has 4 rings (SSSR count). The Morgan fingerprint density at radius 1 is 0.828 bits per heavy atom. The molecule has 0 radical (unpaired) electrons. The van der Waals surface area contributed by atoms with Gasteiger partial charge in [0.25, 0.3) is 0 Å². The summed E-state index contributed by atoms with van der Waals surface area (Å²) < 4.78 is 2.35. The van der Waals surface area contributed by atoms with Crippen molar-refractivity contribution in [3.05, 3.63) is 60.2 Å². The van der Waals surface area contributed by atoms with Gasteiger partial charge in [-0.3, -0.25) is 4.79 Å². The van der Waals surface area contributed by atoms with Crippen molar-refractivity contribution < 1.29 is 4.79 Å². The van der Waals surface area contributed by atoms with E-state index in [0.717, 1.165) is 64.0 Å². The summed E-state index contributed by atoms with van der Waals surface area (Å²) in [7, 11) is 2.19. The van der Waals surface area contributed by atoms with Crippen LogP contribution in [0.25, 0.3) is 11.1 Å². The minimum atomic E-state index is 0.842. The molecule has 152 valence electrons. The largest absolute Gasteiger partial charge is 0.369 e. The lowest BCUT2D eigenvalue weighted by Gasteiger charge is -2.34. The van der Waals surface area contributed by atoms with Gasteiger partial charge in [0.1, 0.15) is 6.29 Å². The lowest BCUT2D eigenvalue weighted by Crippen LogP contribution is -2.44. The van der Waals surface area contributed by atoms with Gasteiger partial charge < -0.3 is 9.80 Å².